The van der Waals surface area contributed by atoms with E-state index < -0.39 is 54.0 Å². The Kier molecular flexibility index (Phi) is 11.2. The number of hydrogen-bond donors (Lipinski definition) is 6. The molecule has 2 aliphatic heterocycles. The number of ether oxygens (including phenoxy) is 2. The van der Waals surface area contributed by atoms with Crippen LogP contribution in [0.3, 0.4) is 0 Å². The molecule has 0 aromatic heterocycles. The van der Waals surface area contributed by atoms with Gasteiger partial charge < -0.3 is 40.5 Å². The summed E-state index contributed by atoms with van der Waals surface area (Å²) in [6.45, 7) is 6.16. The number of carbonyl (C=O) groups is 2. The van der Waals surface area contributed by atoms with Crippen LogP contribution in [0.15, 0.2) is 24.3 Å². The van der Waals surface area contributed by atoms with Gasteiger partial charge in [-0.25, -0.2) is 4.79 Å². The van der Waals surface area contributed by atoms with Crippen LogP contribution in [0.2, 0.25) is 0 Å². The summed E-state index contributed by atoms with van der Waals surface area (Å²) in [6, 6.07) is 5.64. The maximum Gasteiger partial charge on any atom is 0.338 e. The summed E-state index contributed by atoms with van der Waals surface area (Å²) in [7, 11) is 0. The molecule has 2 aliphatic rings. The number of thioether (sulfide) groups is 1. The van der Waals surface area contributed by atoms with Crippen molar-refractivity contribution in [1.82, 2.24) is 10.6 Å². The first-order chi connectivity index (χ1) is 17.6. The first-order valence-electron chi connectivity index (χ1n) is 12.9. The number of aryl methyl sites for hydroxylation is 1. The normalized spacial score (nSPS) is 31.5. The second-order valence-corrected chi connectivity index (χ2v) is 11.1. The van der Waals surface area contributed by atoms with Crippen LogP contribution in [0.5, 0.6) is 0 Å². The summed E-state index contributed by atoms with van der Waals surface area (Å²) in [5.41, 5.74) is 0.289. The maximum absolute atomic E-state index is 12.9. The quantitative estimate of drug-likeness (QED) is 0.171. The largest absolute Gasteiger partial charge is 0.461 e. The fraction of sp³-hybridized carbons (Fsp3) is 0.692. The van der Waals surface area contributed by atoms with Crippen LogP contribution < -0.4 is 10.6 Å². The van der Waals surface area contributed by atoms with Gasteiger partial charge in [-0.05, 0) is 50.8 Å². The van der Waals surface area contributed by atoms with Gasteiger partial charge >= 0.3 is 5.97 Å². The zero-order chi connectivity index (χ0) is 27.1. The number of nitrogens with one attached hydrogen (secondary N) is 2. The smallest absolute Gasteiger partial charge is 0.338 e. The third kappa shape index (κ3) is 7.66. The molecule has 3 rings (SSSR count). The summed E-state index contributed by atoms with van der Waals surface area (Å²) in [6.07, 6.45) is -4.03. The second-order valence-electron chi connectivity index (χ2n) is 9.89. The number of esters is 1. The molecule has 0 unspecified atom stereocenters. The van der Waals surface area contributed by atoms with Gasteiger partial charge in [0.15, 0.2) is 0 Å². The standard InChI is InChI=1S/C26H40N2O8S/c1-4-7-16-12-18(27-13-16)24(33)28-19(15(3)29)23-21(31)20(30)22(32)26(36-23)37-11-10-35-25(34)17-9-6-5-8-14(17)2/h5-6,8-9,15-16,18-23,26-27,29-32H,4,7,10-13H2,1-3H3,(H,28,33)/t15-,16-,18+,19-,20+,21-,22-,23-,26-/m1/s1. The Morgan fingerprint density at radius 1 is 1.22 bits per heavy atom. The van der Waals surface area contributed by atoms with Crippen molar-refractivity contribution >= 4 is 23.6 Å². The van der Waals surface area contributed by atoms with Crippen LogP contribution in [0.1, 0.15) is 49.0 Å². The van der Waals surface area contributed by atoms with E-state index in [2.05, 4.69) is 17.6 Å². The van der Waals surface area contributed by atoms with Crippen molar-refractivity contribution in [3.05, 3.63) is 35.4 Å². The van der Waals surface area contributed by atoms with Gasteiger partial charge in [0, 0.05) is 5.75 Å². The van der Waals surface area contributed by atoms with E-state index in [4.69, 9.17) is 9.47 Å². The summed E-state index contributed by atoms with van der Waals surface area (Å²) >= 11 is 1.11. The predicted molar refractivity (Wildman–Crippen MR) is 139 cm³/mol. The predicted octanol–water partition coefficient (Wildman–Crippen LogP) is 0.336. The Bertz CT molecular complexity index is 903. The van der Waals surface area contributed by atoms with Crippen molar-refractivity contribution in [1.29, 1.82) is 0 Å². The summed E-state index contributed by atoms with van der Waals surface area (Å²) < 4.78 is 11.2. The zero-order valence-corrected chi connectivity index (χ0v) is 22.4. The highest BCUT2D eigenvalue weighted by molar-refractivity contribution is 7.99. The number of benzene rings is 1. The fourth-order valence-electron chi connectivity index (χ4n) is 4.87. The van der Waals surface area contributed by atoms with Crippen LogP contribution in [0, 0.1) is 12.8 Å². The van der Waals surface area contributed by atoms with E-state index in [0.29, 0.717) is 17.9 Å². The van der Waals surface area contributed by atoms with Crippen molar-refractivity contribution in [2.24, 2.45) is 5.92 Å². The lowest BCUT2D eigenvalue weighted by Crippen LogP contribution is -2.65. The van der Waals surface area contributed by atoms with Gasteiger partial charge in [-0.3, -0.25) is 4.79 Å². The highest BCUT2D eigenvalue weighted by Crippen LogP contribution is 2.31. The Balaban J connectivity index is 1.57. The summed E-state index contributed by atoms with van der Waals surface area (Å²) in [5.74, 6) is -0.116. The van der Waals surface area contributed by atoms with Gasteiger partial charge in [-0.1, -0.05) is 31.5 Å². The van der Waals surface area contributed by atoms with E-state index in [-0.39, 0.29) is 18.3 Å². The number of rotatable bonds is 11. The molecule has 11 heteroatoms. The molecule has 2 heterocycles. The van der Waals surface area contributed by atoms with Crippen LogP contribution in [0.4, 0.5) is 0 Å². The first-order valence-corrected chi connectivity index (χ1v) is 13.9. The minimum Gasteiger partial charge on any atom is -0.461 e. The maximum atomic E-state index is 12.9. The summed E-state index contributed by atoms with van der Waals surface area (Å²) in [5, 5.41) is 48.0. The van der Waals surface area contributed by atoms with Gasteiger partial charge in [0.05, 0.1) is 23.8 Å². The molecule has 2 saturated heterocycles. The Hall–Kier alpha value is -1.73. The van der Waals surface area contributed by atoms with E-state index >= 15 is 0 Å². The van der Waals surface area contributed by atoms with Crippen molar-refractivity contribution in [3.8, 4) is 0 Å². The molecule has 1 aromatic rings. The SMILES string of the molecule is CCC[C@H]1CN[C@H](C(=O)N[C@@H]([C@H]2O[C@H](SCCOC(=O)c3ccccc3C)[C@H](O)[C@@H](O)[C@H]2O)[C@@H](C)O)C1. The van der Waals surface area contributed by atoms with E-state index in [1.165, 1.54) is 6.92 Å². The third-order valence-corrected chi connectivity index (χ3v) is 8.11. The average molecular weight is 541 g/mol. The number of hydrogen-bond acceptors (Lipinski definition) is 10. The molecular weight excluding hydrogens is 500 g/mol. The molecule has 9 atom stereocenters. The molecule has 6 N–H and O–H groups in total. The van der Waals surface area contributed by atoms with Crippen LogP contribution in [-0.4, -0.2) is 99.2 Å². The topological polar surface area (TPSA) is 158 Å². The third-order valence-electron chi connectivity index (χ3n) is 6.99. The number of aliphatic hydroxyl groups is 4. The highest BCUT2D eigenvalue weighted by Gasteiger charge is 2.48. The second kappa shape index (κ2) is 13.9. The lowest BCUT2D eigenvalue weighted by atomic mass is 9.92. The molecule has 0 saturated carbocycles. The van der Waals surface area contributed by atoms with E-state index in [1.54, 1.807) is 12.1 Å². The Labute approximate surface area is 222 Å². The molecule has 10 nitrogen and oxygen atoms in total. The Morgan fingerprint density at radius 2 is 1.95 bits per heavy atom. The monoisotopic (exact) mass is 540 g/mol. The molecule has 1 amide bonds. The van der Waals surface area contributed by atoms with E-state index in [1.807, 2.05) is 19.1 Å². The molecule has 0 radical (unpaired) electrons. The van der Waals surface area contributed by atoms with Crippen LogP contribution in [-0.2, 0) is 14.3 Å². The molecule has 37 heavy (non-hydrogen) atoms. The van der Waals surface area contributed by atoms with Gasteiger partial charge in [0.2, 0.25) is 5.91 Å². The molecule has 0 spiro atoms. The molecule has 208 valence electrons. The molecule has 2 fully saturated rings. The lowest BCUT2D eigenvalue weighted by molar-refractivity contribution is -0.211. The van der Waals surface area contributed by atoms with Crippen molar-refractivity contribution in [2.45, 2.75) is 88.1 Å². The lowest BCUT2D eigenvalue weighted by Gasteiger charge is -2.44. The van der Waals surface area contributed by atoms with Gasteiger partial charge in [0.25, 0.3) is 0 Å². The van der Waals surface area contributed by atoms with E-state index in [9.17, 15) is 30.0 Å². The molecule has 0 aliphatic carbocycles. The van der Waals surface area contributed by atoms with Crippen molar-refractivity contribution in [3.63, 3.8) is 0 Å². The van der Waals surface area contributed by atoms with Crippen molar-refractivity contribution in [2.75, 3.05) is 18.9 Å². The average Bonchev–Trinajstić information content (AvgIpc) is 3.34. The van der Waals surface area contributed by atoms with Gasteiger partial charge in [-0.15, -0.1) is 11.8 Å². The number of carbonyl (C=O) groups excluding carboxylic acids is 2. The Morgan fingerprint density at radius 3 is 2.62 bits per heavy atom. The molecule has 0 bridgehead atoms. The minimum absolute atomic E-state index is 0.0383. The molecular formula is C26H40N2O8S. The highest BCUT2D eigenvalue weighted by atomic mass is 32.2. The van der Waals surface area contributed by atoms with Gasteiger partial charge in [-0.2, -0.15) is 0 Å². The van der Waals surface area contributed by atoms with Crippen LogP contribution >= 0.6 is 11.8 Å². The first kappa shape index (κ1) is 29.8. The van der Waals surface area contributed by atoms with Gasteiger partial charge in [0.1, 0.15) is 36.5 Å². The summed E-state index contributed by atoms with van der Waals surface area (Å²) in [4.78, 5) is 25.2. The zero-order valence-electron chi connectivity index (χ0n) is 21.6. The minimum atomic E-state index is -1.55. The van der Waals surface area contributed by atoms with Crippen molar-refractivity contribution < 1.29 is 39.5 Å². The van der Waals surface area contributed by atoms with Crippen LogP contribution in [0.25, 0.3) is 0 Å². The number of aliphatic hydroxyl groups excluding tert-OH is 4. The molecule has 1 aromatic carbocycles. The number of amides is 1. The van der Waals surface area contributed by atoms with E-state index in [0.717, 1.165) is 36.7 Å². The fourth-order valence-corrected chi connectivity index (χ4v) is 5.84.